The molecule has 0 aromatic carbocycles. The zero-order valence-electron chi connectivity index (χ0n) is 5.60. The van der Waals surface area contributed by atoms with Crippen molar-refractivity contribution in [2.45, 2.75) is 6.18 Å². The van der Waals surface area contributed by atoms with Crippen molar-refractivity contribution in [2.75, 3.05) is 0 Å². The highest BCUT2D eigenvalue weighted by atomic mass is 19.4. The van der Waals surface area contributed by atoms with Gasteiger partial charge in [0.25, 0.3) is 0 Å². The molecule has 0 N–H and O–H groups in total. The molecule has 0 fully saturated rings. The van der Waals surface area contributed by atoms with Gasteiger partial charge in [-0.05, 0) is 6.07 Å². The molecule has 0 saturated heterocycles. The van der Waals surface area contributed by atoms with Crippen LogP contribution < -0.4 is 4.57 Å². The van der Waals surface area contributed by atoms with Crippen molar-refractivity contribution in [2.24, 2.45) is 0 Å². The minimum atomic E-state index is -4.28. The first kappa shape index (κ1) is 8.04. The highest BCUT2D eigenvalue weighted by Crippen LogP contribution is 2.27. The van der Waals surface area contributed by atoms with Crippen LogP contribution in [0.25, 0.3) is 0 Å². The highest BCUT2D eigenvalue weighted by Gasteiger charge is 2.32. The molecule has 1 aromatic rings. The second-order valence-corrected chi connectivity index (χ2v) is 2.10. The molecule has 0 aliphatic heterocycles. The molecular weight excluding hydrogens is 155 g/mol. The summed E-state index contributed by atoms with van der Waals surface area (Å²) in [6, 6.07) is 2.30. The summed E-state index contributed by atoms with van der Waals surface area (Å²) in [6.45, 7) is 0. The van der Waals surface area contributed by atoms with Crippen molar-refractivity contribution in [3.05, 3.63) is 37.1 Å². The van der Waals surface area contributed by atoms with Gasteiger partial charge in [-0.25, -0.2) is 0 Å². The molecule has 0 spiro atoms. The average molecular weight is 161 g/mol. The predicted molar refractivity (Wildman–Crippen MR) is 32.4 cm³/mol. The lowest BCUT2D eigenvalue weighted by Crippen LogP contribution is -2.26. The average Bonchev–Trinajstić information content (AvgIpc) is 1.86. The Kier molecular flexibility index (Phi) is 1.85. The van der Waals surface area contributed by atoms with E-state index in [2.05, 4.69) is 7.05 Å². The zero-order chi connectivity index (χ0) is 8.48. The van der Waals surface area contributed by atoms with Gasteiger partial charge in [0, 0.05) is 6.07 Å². The second kappa shape index (κ2) is 2.53. The topological polar surface area (TPSA) is 3.88 Å². The van der Waals surface area contributed by atoms with Gasteiger partial charge in [-0.1, -0.05) is 0 Å². The van der Waals surface area contributed by atoms with Gasteiger partial charge in [0.1, 0.15) is 5.56 Å². The molecule has 0 saturated carbocycles. The molecule has 0 bridgehead atoms. The van der Waals surface area contributed by atoms with Crippen LogP contribution in [0.5, 0.6) is 0 Å². The Morgan fingerprint density at radius 3 is 2.36 bits per heavy atom. The van der Waals surface area contributed by atoms with Gasteiger partial charge in [0.15, 0.2) is 12.4 Å². The van der Waals surface area contributed by atoms with Crippen molar-refractivity contribution in [3.8, 4) is 0 Å². The number of hydrogen-bond donors (Lipinski definition) is 0. The summed E-state index contributed by atoms with van der Waals surface area (Å²) in [4.78, 5) is 0. The van der Waals surface area contributed by atoms with E-state index in [-0.39, 0.29) is 0 Å². The maximum Gasteiger partial charge on any atom is 0.422 e. The number of aromatic nitrogens is 1. The van der Waals surface area contributed by atoms with E-state index in [1.165, 1.54) is 12.3 Å². The van der Waals surface area contributed by atoms with Crippen LogP contribution in [-0.2, 0) is 6.18 Å². The third kappa shape index (κ3) is 1.93. The molecule has 0 aliphatic rings. The van der Waals surface area contributed by atoms with Crippen molar-refractivity contribution in [1.29, 1.82) is 0 Å². The lowest BCUT2D eigenvalue weighted by molar-refractivity contribution is -0.613. The summed E-state index contributed by atoms with van der Waals surface area (Å²) >= 11 is 0. The molecule has 0 aliphatic carbocycles. The summed E-state index contributed by atoms with van der Waals surface area (Å²) < 4.78 is 36.9. The quantitative estimate of drug-likeness (QED) is 0.509. The molecular formula is C7H6F3N+. The highest BCUT2D eigenvalue weighted by molar-refractivity contribution is 5.09. The van der Waals surface area contributed by atoms with E-state index in [1.807, 2.05) is 0 Å². The third-order valence-corrected chi connectivity index (χ3v) is 1.19. The monoisotopic (exact) mass is 161 g/mol. The first-order valence-electron chi connectivity index (χ1n) is 2.89. The number of hydrogen-bond acceptors (Lipinski definition) is 0. The fraction of sp³-hybridized carbons (Fsp3) is 0.143. The van der Waals surface area contributed by atoms with E-state index >= 15 is 0 Å². The molecule has 0 atom stereocenters. The van der Waals surface area contributed by atoms with Gasteiger partial charge < -0.3 is 0 Å². The van der Waals surface area contributed by atoms with Crippen LogP contribution >= 0.6 is 0 Å². The molecule has 0 unspecified atom stereocenters. The second-order valence-electron chi connectivity index (χ2n) is 2.10. The number of halogens is 3. The Morgan fingerprint density at radius 1 is 1.36 bits per heavy atom. The molecule has 0 amide bonds. The van der Waals surface area contributed by atoms with Crippen LogP contribution in [-0.4, -0.2) is 0 Å². The molecule has 59 valence electrons. The first-order chi connectivity index (χ1) is 5.00. The first-order valence-corrected chi connectivity index (χ1v) is 2.89. The fourth-order valence-corrected chi connectivity index (χ4v) is 0.690. The maximum atomic E-state index is 11.9. The Labute approximate surface area is 62.1 Å². The maximum absolute atomic E-state index is 11.9. The van der Waals surface area contributed by atoms with Crippen LogP contribution in [0.4, 0.5) is 13.2 Å². The third-order valence-electron chi connectivity index (χ3n) is 1.19. The Morgan fingerprint density at radius 2 is 2.00 bits per heavy atom. The van der Waals surface area contributed by atoms with E-state index in [4.69, 9.17) is 0 Å². The van der Waals surface area contributed by atoms with Crippen molar-refractivity contribution >= 4 is 0 Å². The fourth-order valence-electron chi connectivity index (χ4n) is 0.690. The molecule has 1 radical (unpaired) electrons. The SMILES string of the molecule is [CH2][n+]1cccc(C(F)(F)F)c1. The molecule has 11 heavy (non-hydrogen) atoms. The van der Waals surface area contributed by atoms with E-state index in [0.717, 1.165) is 16.8 Å². The van der Waals surface area contributed by atoms with Gasteiger partial charge in [-0.2, -0.15) is 17.7 Å². The Hall–Kier alpha value is -1.06. The number of alkyl halides is 3. The predicted octanol–water partition coefficient (Wildman–Crippen LogP) is 1.63. The minimum Gasteiger partial charge on any atom is -0.198 e. The van der Waals surface area contributed by atoms with E-state index in [0.29, 0.717) is 0 Å². The largest absolute Gasteiger partial charge is 0.422 e. The lowest BCUT2D eigenvalue weighted by atomic mass is 10.3. The minimum absolute atomic E-state index is 0.685. The number of pyridine rings is 1. The molecule has 1 nitrogen and oxygen atoms in total. The van der Waals surface area contributed by atoms with E-state index in [9.17, 15) is 13.2 Å². The van der Waals surface area contributed by atoms with Gasteiger partial charge in [-0.3, -0.25) is 0 Å². The molecule has 1 rings (SSSR count). The van der Waals surface area contributed by atoms with E-state index in [1.54, 1.807) is 0 Å². The lowest BCUT2D eigenvalue weighted by Gasteiger charge is -2.02. The number of nitrogens with zero attached hydrogens (tertiary/aromatic N) is 1. The van der Waals surface area contributed by atoms with Crippen molar-refractivity contribution in [3.63, 3.8) is 0 Å². The van der Waals surface area contributed by atoms with Crippen molar-refractivity contribution in [1.82, 2.24) is 0 Å². The standard InChI is InChI=1S/C7H6F3N/c1-11-4-2-3-6(5-11)7(8,9)10/h2-5H,1H2/q+1. The summed E-state index contributed by atoms with van der Waals surface area (Å²) in [5.74, 6) is 0. The van der Waals surface area contributed by atoms with Gasteiger partial charge in [-0.15, -0.1) is 0 Å². The van der Waals surface area contributed by atoms with Gasteiger partial charge >= 0.3 is 6.18 Å². The molecule has 1 aromatic heterocycles. The van der Waals surface area contributed by atoms with Crippen LogP contribution in [0.3, 0.4) is 0 Å². The summed E-state index contributed by atoms with van der Waals surface area (Å²) in [7, 11) is 3.31. The van der Waals surface area contributed by atoms with Crippen LogP contribution in [0.1, 0.15) is 5.56 Å². The summed E-state index contributed by atoms with van der Waals surface area (Å²) in [5.41, 5.74) is -0.685. The number of rotatable bonds is 0. The molecule has 1 heterocycles. The smallest absolute Gasteiger partial charge is 0.198 e. The molecule has 4 heteroatoms. The van der Waals surface area contributed by atoms with Gasteiger partial charge in [0.05, 0.1) is 0 Å². The zero-order valence-corrected chi connectivity index (χ0v) is 5.60. The van der Waals surface area contributed by atoms with Crippen LogP contribution in [0.15, 0.2) is 24.5 Å². The Bertz CT molecular complexity index is 254. The van der Waals surface area contributed by atoms with Crippen LogP contribution in [0, 0.1) is 7.05 Å². The normalized spacial score (nSPS) is 11.6. The summed E-state index contributed by atoms with van der Waals surface area (Å²) in [5, 5.41) is 0. The van der Waals surface area contributed by atoms with Crippen molar-refractivity contribution < 1.29 is 17.7 Å². The Balaban J connectivity index is 3.06. The van der Waals surface area contributed by atoms with Gasteiger partial charge in [0.2, 0.25) is 7.05 Å². The summed E-state index contributed by atoms with van der Waals surface area (Å²) in [6.07, 6.45) is -1.91. The van der Waals surface area contributed by atoms with E-state index < -0.39 is 11.7 Å². The van der Waals surface area contributed by atoms with Crippen LogP contribution in [0.2, 0.25) is 0 Å².